The van der Waals surface area contributed by atoms with Crippen LogP contribution in [-0.4, -0.2) is 11.1 Å². The Labute approximate surface area is 103 Å². The van der Waals surface area contributed by atoms with Crippen LogP contribution in [0.1, 0.15) is 37.0 Å². The monoisotopic (exact) mass is 232 g/mol. The Hall–Kier alpha value is -1.57. The van der Waals surface area contributed by atoms with Gasteiger partial charge in [0.15, 0.2) is 0 Å². The molecule has 0 fully saturated rings. The van der Waals surface area contributed by atoms with Gasteiger partial charge in [-0.15, -0.1) is 0 Å². The second kappa shape index (κ2) is 5.67. The molecule has 0 aromatic heterocycles. The molecule has 0 bridgehead atoms. The van der Waals surface area contributed by atoms with Gasteiger partial charge in [0.2, 0.25) is 0 Å². The van der Waals surface area contributed by atoms with Crippen LogP contribution in [0, 0.1) is 19.8 Å². The van der Waals surface area contributed by atoms with E-state index in [-0.39, 0.29) is 5.92 Å². The molecule has 0 aliphatic heterocycles. The van der Waals surface area contributed by atoms with E-state index in [2.05, 4.69) is 32.0 Å². The molecule has 0 aliphatic carbocycles. The molecular formula is C15H20O2. The minimum Gasteiger partial charge on any atom is -0.481 e. The van der Waals surface area contributed by atoms with Gasteiger partial charge in [-0.25, -0.2) is 0 Å². The summed E-state index contributed by atoms with van der Waals surface area (Å²) in [5.41, 5.74) is 4.70. The number of aliphatic carboxylic acids is 1. The van der Waals surface area contributed by atoms with Gasteiger partial charge < -0.3 is 5.11 Å². The SMILES string of the molecule is C/C=C(/CC(C)C(=O)O)c1ccc(C)cc1C. The van der Waals surface area contributed by atoms with E-state index < -0.39 is 5.97 Å². The van der Waals surface area contributed by atoms with Gasteiger partial charge in [0.25, 0.3) is 0 Å². The lowest BCUT2D eigenvalue weighted by atomic mass is 9.92. The molecule has 92 valence electrons. The smallest absolute Gasteiger partial charge is 0.306 e. The highest BCUT2D eigenvalue weighted by Gasteiger charge is 2.14. The summed E-state index contributed by atoms with van der Waals surface area (Å²) in [4.78, 5) is 10.9. The van der Waals surface area contributed by atoms with Gasteiger partial charge in [-0.3, -0.25) is 4.79 Å². The van der Waals surface area contributed by atoms with E-state index >= 15 is 0 Å². The molecule has 1 aromatic rings. The average molecular weight is 232 g/mol. The summed E-state index contributed by atoms with van der Waals surface area (Å²) in [6, 6.07) is 6.27. The second-order valence-electron chi connectivity index (χ2n) is 4.58. The lowest BCUT2D eigenvalue weighted by Gasteiger charge is -2.13. The van der Waals surface area contributed by atoms with Crippen LogP contribution in [0.15, 0.2) is 24.3 Å². The number of carboxylic acids is 1. The fourth-order valence-electron chi connectivity index (χ4n) is 1.97. The van der Waals surface area contributed by atoms with Crippen molar-refractivity contribution in [1.29, 1.82) is 0 Å². The highest BCUT2D eigenvalue weighted by Crippen LogP contribution is 2.26. The van der Waals surface area contributed by atoms with Crippen LogP contribution >= 0.6 is 0 Å². The standard InChI is InChI=1S/C15H20O2/c1-5-13(9-12(4)15(16)17)14-7-6-10(2)8-11(14)3/h5-8,12H,9H2,1-4H3,(H,16,17)/b13-5-. The Kier molecular flexibility index (Phi) is 4.50. The number of carbonyl (C=O) groups is 1. The molecule has 0 heterocycles. The topological polar surface area (TPSA) is 37.3 Å². The number of benzene rings is 1. The lowest BCUT2D eigenvalue weighted by molar-refractivity contribution is -0.140. The quantitative estimate of drug-likeness (QED) is 0.856. The van der Waals surface area contributed by atoms with Crippen LogP contribution in [0.2, 0.25) is 0 Å². The summed E-state index contributed by atoms with van der Waals surface area (Å²) >= 11 is 0. The van der Waals surface area contributed by atoms with Crippen LogP contribution in [0.5, 0.6) is 0 Å². The molecular weight excluding hydrogens is 212 g/mol. The van der Waals surface area contributed by atoms with Crippen molar-refractivity contribution in [3.63, 3.8) is 0 Å². The van der Waals surface area contributed by atoms with E-state index in [9.17, 15) is 4.79 Å². The Morgan fingerprint density at radius 3 is 2.53 bits per heavy atom. The average Bonchev–Trinajstić information content (AvgIpc) is 2.26. The van der Waals surface area contributed by atoms with Crippen LogP contribution < -0.4 is 0 Å². The Balaban J connectivity index is 2.99. The van der Waals surface area contributed by atoms with Gasteiger partial charge in [-0.05, 0) is 43.9 Å². The van der Waals surface area contributed by atoms with E-state index in [0.717, 1.165) is 11.1 Å². The van der Waals surface area contributed by atoms with Crippen molar-refractivity contribution < 1.29 is 9.90 Å². The molecule has 1 unspecified atom stereocenters. The summed E-state index contributed by atoms with van der Waals surface area (Å²) < 4.78 is 0. The maximum absolute atomic E-state index is 10.9. The number of aryl methyl sites for hydroxylation is 2. The summed E-state index contributed by atoms with van der Waals surface area (Å²) in [6.07, 6.45) is 2.59. The molecule has 1 N–H and O–H groups in total. The zero-order chi connectivity index (χ0) is 13.0. The van der Waals surface area contributed by atoms with Crippen LogP contribution in [0.3, 0.4) is 0 Å². The third-order valence-electron chi connectivity index (χ3n) is 3.02. The van der Waals surface area contributed by atoms with Crippen molar-refractivity contribution in [1.82, 2.24) is 0 Å². The third kappa shape index (κ3) is 3.45. The maximum atomic E-state index is 10.9. The normalized spacial score (nSPS) is 13.5. The number of hydrogen-bond acceptors (Lipinski definition) is 1. The highest BCUT2D eigenvalue weighted by molar-refractivity contribution is 5.75. The number of rotatable bonds is 4. The van der Waals surface area contributed by atoms with E-state index in [1.54, 1.807) is 6.92 Å². The Bertz CT molecular complexity index is 444. The van der Waals surface area contributed by atoms with E-state index in [4.69, 9.17) is 5.11 Å². The second-order valence-corrected chi connectivity index (χ2v) is 4.58. The zero-order valence-corrected chi connectivity index (χ0v) is 10.9. The molecule has 1 atom stereocenters. The molecule has 0 amide bonds. The van der Waals surface area contributed by atoms with Crippen molar-refractivity contribution in [2.24, 2.45) is 5.92 Å². The van der Waals surface area contributed by atoms with Crippen LogP contribution in [0.25, 0.3) is 5.57 Å². The van der Waals surface area contributed by atoms with Gasteiger partial charge in [-0.2, -0.15) is 0 Å². The molecule has 2 nitrogen and oxygen atoms in total. The van der Waals surface area contributed by atoms with Crippen molar-refractivity contribution in [3.8, 4) is 0 Å². The molecule has 0 saturated carbocycles. The minimum atomic E-state index is -0.742. The van der Waals surface area contributed by atoms with Crippen molar-refractivity contribution in [3.05, 3.63) is 41.0 Å². The molecule has 2 heteroatoms. The first-order valence-corrected chi connectivity index (χ1v) is 5.91. The molecule has 1 aromatic carbocycles. The lowest BCUT2D eigenvalue weighted by Crippen LogP contribution is -2.10. The van der Waals surface area contributed by atoms with Gasteiger partial charge in [-0.1, -0.05) is 36.8 Å². The summed E-state index contributed by atoms with van der Waals surface area (Å²) in [6.45, 7) is 7.84. The van der Waals surface area contributed by atoms with Crippen molar-refractivity contribution in [2.45, 2.75) is 34.1 Å². The largest absolute Gasteiger partial charge is 0.481 e. The van der Waals surface area contributed by atoms with Crippen molar-refractivity contribution in [2.75, 3.05) is 0 Å². The molecule has 1 rings (SSSR count). The number of allylic oxidation sites excluding steroid dienone is 2. The van der Waals surface area contributed by atoms with Crippen LogP contribution in [0.4, 0.5) is 0 Å². The first-order valence-electron chi connectivity index (χ1n) is 5.91. The maximum Gasteiger partial charge on any atom is 0.306 e. The molecule has 0 radical (unpaired) electrons. The van der Waals surface area contributed by atoms with E-state index in [0.29, 0.717) is 6.42 Å². The molecule has 0 aliphatic rings. The minimum absolute atomic E-state index is 0.345. The predicted octanol–water partition coefficient (Wildman–Crippen LogP) is 3.82. The Morgan fingerprint density at radius 2 is 2.06 bits per heavy atom. The zero-order valence-electron chi connectivity index (χ0n) is 10.9. The van der Waals surface area contributed by atoms with Crippen molar-refractivity contribution >= 4 is 11.5 Å². The Morgan fingerprint density at radius 1 is 1.41 bits per heavy atom. The number of carboxylic acid groups (broad SMARTS) is 1. The fourth-order valence-corrected chi connectivity index (χ4v) is 1.97. The van der Waals surface area contributed by atoms with Gasteiger partial charge >= 0.3 is 5.97 Å². The number of hydrogen-bond donors (Lipinski definition) is 1. The van der Waals surface area contributed by atoms with E-state index in [1.807, 2.05) is 13.0 Å². The molecule has 0 spiro atoms. The van der Waals surface area contributed by atoms with E-state index in [1.165, 1.54) is 11.1 Å². The van der Waals surface area contributed by atoms with Gasteiger partial charge in [0.05, 0.1) is 5.92 Å². The van der Waals surface area contributed by atoms with Gasteiger partial charge in [0, 0.05) is 0 Å². The molecule has 0 saturated heterocycles. The highest BCUT2D eigenvalue weighted by atomic mass is 16.4. The first kappa shape index (κ1) is 13.5. The summed E-state index contributed by atoms with van der Waals surface area (Å²) in [7, 11) is 0. The summed E-state index contributed by atoms with van der Waals surface area (Å²) in [5, 5.41) is 8.96. The fraction of sp³-hybridized carbons (Fsp3) is 0.400. The third-order valence-corrected chi connectivity index (χ3v) is 3.02. The predicted molar refractivity (Wildman–Crippen MR) is 71.0 cm³/mol. The first-order chi connectivity index (χ1) is 7.95. The molecule has 17 heavy (non-hydrogen) atoms. The van der Waals surface area contributed by atoms with Crippen LogP contribution in [-0.2, 0) is 4.79 Å². The summed E-state index contributed by atoms with van der Waals surface area (Å²) in [5.74, 6) is -1.09. The van der Waals surface area contributed by atoms with Gasteiger partial charge in [0.1, 0.15) is 0 Å².